The number of likely N-dealkylation sites (N-methyl/N-ethyl adjacent to an activating group) is 1. The summed E-state index contributed by atoms with van der Waals surface area (Å²) in [5.41, 5.74) is 7.20. The van der Waals surface area contributed by atoms with Gasteiger partial charge < -0.3 is 44.7 Å². The Hall–Kier alpha value is -6.91. The molecule has 0 radical (unpaired) electrons. The van der Waals surface area contributed by atoms with Crippen molar-refractivity contribution in [3.8, 4) is 22.5 Å². The molecule has 4 amide bonds. The Labute approximate surface area is 416 Å². The average molecular weight is 968 g/mol. The fourth-order valence-corrected chi connectivity index (χ4v) is 11.4. The van der Waals surface area contributed by atoms with Crippen LogP contribution in [0.25, 0.3) is 22.5 Å². The first-order valence-electron chi connectivity index (χ1n) is 25.5. The van der Waals surface area contributed by atoms with Gasteiger partial charge >= 0.3 is 12.2 Å². The molecular formula is C54H69N11O6. The third kappa shape index (κ3) is 10.2. The summed E-state index contributed by atoms with van der Waals surface area (Å²) in [6.07, 6.45) is 12.7. The number of rotatable bonds is 14. The highest BCUT2D eigenvalue weighted by atomic mass is 16.5. The number of ether oxygens (including phenoxy) is 1. The van der Waals surface area contributed by atoms with Gasteiger partial charge in [0.1, 0.15) is 29.6 Å². The van der Waals surface area contributed by atoms with Crippen LogP contribution in [0.2, 0.25) is 0 Å². The predicted octanol–water partition coefficient (Wildman–Crippen LogP) is 9.28. The SMILES string of the molecule is COC(=O)N[C@H](C(=O)N1CCC[C@H]1c1ncc(-c2ccc([C@@H]3CC[C@@H](c4ccc(-c5cnc([C@@H]6CCCN6C(=O)[C@H](C(C)C)N(C)C(=O)O)[nH]5)cc4)N3c3ccc(N4CCCCC4)nc3)cc2)[nH]1)C(C)C. The highest BCUT2D eigenvalue weighted by molar-refractivity contribution is 5.87. The zero-order valence-corrected chi connectivity index (χ0v) is 41.9. The Kier molecular flexibility index (Phi) is 14.7. The van der Waals surface area contributed by atoms with E-state index in [4.69, 9.17) is 19.7 Å². The number of H-pyrrole nitrogens is 2. The second-order valence-electron chi connectivity index (χ2n) is 20.4. The molecule has 4 fully saturated rings. The Morgan fingerprint density at radius 2 is 1.18 bits per heavy atom. The molecule has 3 aromatic heterocycles. The minimum atomic E-state index is -1.12. The number of hydrogen-bond donors (Lipinski definition) is 4. The van der Waals surface area contributed by atoms with Crippen LogP contribution in [0.4, 0.5) is 21.1 Å². The molecular weight excluding hydrogens is 899 g/mol. The van der Waals surface area contributed by atoms with E-state index in [1.54, 1.807) is 4.90 Å². The third-order valence-electron chi connectivity index (χ3n) is 15.2. The van der Waals surface area contributed by atoms with Crippen molar-refractivity contribution >= 4 is 35.5 Å². The van der Waals surface area contributed by atoms with E-state index in [9.17, 15) is 24.3 Å². The summed E-state index contributed by atoms with van der Waals surface area (Å²) in [7, 11) is 2.76. The van der Waals surface area contributed by atoms with Gasteiger partial charge in [0.25, 0.3) is 0 Å². The monoisotopic (exact) mass is 968 g/mol. The maximum atomic E-state index is 13.8. The van der Waals surface area contributed by atoms with Crippen molar-refractivity contribution in [1.82, 2.24) is 44.9 Å². The fraction of sp³-hybridized carbons (Fsp3) is 0.500. The zero-order valence-electron chi connectivity index (χ0n) is 41.9. The standard InChI is InChI=1S/C54H69N11O6/c1-33(2)47(60-53(68)71-6)51(66)63-28-10-12-44(63)49-56-31-40(58-49)35-14-18-37(19-15-35)42-23-24-43(65(42)39-22-25-46(55-30-39)62-26-8-7-9-27-62)38-20-16-36(17-21-38)41-32-57-50(59-41)45-13-11-29-64(45)52(67)48(34(3)4)61(5)54(69)70/h14-22,25,30-34,42-45,47-48H,7-13,23-24,26-29H2,1-6H3,(H,56,58)(H,57,59)(H,60,68)(H,69,70)/t42-,43-,44-,45-,47-,48-/m0/s1. The molecule has 4 aliphatic heterocycles. The van der Waals surface area contributed by atoms with E-state index in [0.717, 1.165) is 96.4 Å². The van der Waals surface area contributed by atoms with E-state index in [-0.39, 0.29) is 47.8 Å². The van der Waals surface area contributed by atoms with Gasteiger partial charge in [-0.3, -0.25) is 14.5 Å². The number of amides is 4. The number of carboxylic acid groups (broad SMARTS) is 1. The van der Waals surface area contributed by atoms with E-state index in [0.29, 0.717) is 18.9 Å². The molecule has 4 aliphatic rings. The lowest BCUT2D eigenvalue weighted by Crippen LogP contribution is -2.51. The molecule has 4 N–H and O–H groups in total. The number of imidazole rings is 2. The van der Waals surface area contributed by atoms with Crippen LogP contribution in [-0.4, -0.2) is 121 Å². The van der Waals surface area contributed by atoms with Gasteiger partial charge in [-0.15, -0.1) is 0 Å². The van der Waals surface area contributed by atoms with E-state index in [2.05, 4.69) is 85.7 Å². The van der Waals surface area contributed by atoms with Gasteiger partial charge in [0.2, 0.25) is 11.8 Å². The molecule has 0 unspecified atom stereocenters. The maximum Gasteiger partial charge on any atom is 0.407 e. The van der Waals surface area contributed by atoms with Crippen molar-refractivity contribution in [3.63, 3.8) is 0 Å². The average Bonchev–Trinajstić information content (AvgIpc) is 4.25. The second kappa shape index (κ2) is 21.2. The summed E-state index contributed by atoms with van der Waals surface area (Å²) >= 11 is 0. The number of methoxy groups -OCH3 is 1. The number of alkyl carbamates (subject to hydrolysis) is 1. The van der Waals surface area contributed by atoms with E-state index < -0.39 is 24.3 Å². The number of carbonyl (C=O) groups is 4. The van der Waals surface area contributed by atoms with Gasteiger partial charge in [-0.05, 0) is 104 Å². The van der Waals surface area contributed by atoms with Crippen molar-refractivity contribution in [3.05, 3.63) is 102 Å². The summed E-state index contributed by atoms with van der Waals surface area (Å²) in [4.78, 5) is 82.9. The number of anilines is 2. The first kappa shape index (κ1) is 49.1. The van der Waals surface area contributed by atoms with Gasteiger partial charge in [-0.1, -0.05) is 76.2 Å². The Morgan fingerprint density at radius 1 is 0.648 bits per heavy atom. The topological polar surface area (TPSA) is 196 Å². The molecule has 71 heavy (non-hydrogen) atoms. The van der Waals surface area contributed by atoms with Crippen molar-refractivity contribution in [2.45, 2.75) is 122 Å². The Balaban J connectivity index is 0.935. The number of nitrogens with zero attached hydrogens (tertiary/aromatic N) is 8. The lowest BCUT2D eigenvalue weighted by atomic mass is 10.0. The predicted molar refractivity (Wildman–Crippen MR) is 271 cm³/mol. The van der Waals surface area contributed by atoms with Crippen molar-refractivity contribution in [2.24, 2.45) is 11.8 Å². The number of aromatic nitrogens is 5. The highest BCUT2D eigenvalue weighted by Gasteiger charge is 2.41. The first-order valence-corrected chi connectivity index (χ1v) is 25.5. The molecule has 0 saturated carbocycles. The Morgan fingerprint density at radius 3 is 1.65 bits per heavy atom. The van der Waals surface area contributed by atoms with Gasteiger partial charge in [-0.2, -0.15) is 0 Å². The smallest absolute Gasteiger partial charge is 0.407 e. The number of pyridine rings is 1. The van der Waals surface area contributed by atoms with Crippen LogP contribution in [0.1, 0.15) is 132 Å². The Bertz CT molecular complexity index is 2640. The normalized spacial score (nSPS) is 21.2. The molecule has 17 nitrogen and oxygen atoms in total. The molecule has 376 valence electrons. The summed E-state index contributed by atoms with van der Waals surface area (Å²) in [6.45, 7) is 10.8. The summed E-state index contributed by atoms with van der Waals surface area (Å²) < 4.78 is 4.81. The van der Waals surface area contributed by atoms with Crippen LogP contribution < -0.4 is 15.1 Å². The molecule has 6 atom stereocenters. The van der Waals surface area contributed by atoms with Crippen molar-refractivity contribution in [1.29, 1.82) is 0 Å². The molecule has 4 saturated heterocycles. The molecule has 2 aromatic carbocycles. The van der Waals surface area contributed by atoms with Gasteiger partial charge in [0.05, 0.1) is 66.9 Å². The number of nitrogens with one attached hydrogen (secondary N) is 3. The minimum Gasteiger partial charge on any atom is -0.465 e. The molecule has 9 rings (SSSR count). The lowest BCUT2D eigenvalue weighted by molar-refractivity contribution is -0.138. The highest BCUT2D eigenvalue weighted by Crippen LogP contribution is 2.48. The quantitative estimate of drug-likeness (QED) is 0.0828. The fourth-order valence-electron chi connectivity index (χ4n) is 11.4. The van der Waals surface area contributed by atoms with Gasteiger partial charge in [0, 0.05) is 33.2 Å². The number of benzene rings is 2. The number of hydrogen-bond acceptors (Lipinski definition) is 10. The maximum absolute atomic E-state index is 13.8. The van der Waals surface area contributed by atoms with Crippen LogP contribution in [0.15, 0.2) is 79.3 Å². The van der Waals surface area contributed by atoms with E-state index in [1.807, 2.05) is 51.2 Å². The summed E-state index contributed by atoms with van der Waals surface area (Å²) in [6, 6.07) is 20.1. The third-order valence-corrected chi connectivity index (χ3v) is 15.2. The van der Waals surface area contributed by atoms with Gasteiger partial charge in [0.15, 0.2) is 0 Å². The lowest BCUT2D eigenvalue weighted by Gasteiger charge is -2.34. The van der Waals surface area contributed by atoms with Crippen molar-refractivity contribution < 1.29 is 29.0 Å². The molecule has 0 spiro atoms. The molecule has 0 bridgehead atoms. The van der Waals surface area contributed by atoms with Crippen LogP contribution in [0.5, 0.6) is 0 Å². The van der Waals surface area contributed by atoms with E-state index >= 15 is 0 Å². The zero-order chi connectivity index (χ0) is 49.9. The summed E-state index contributed by atoms with van der Waals surface area (Å²) in [5, 5.41) is 12.5. The van der Waals surface area contributed by atoms with Crippen LogP contribution >= 0.6 is 0 Å². The van der Waals surface area contributed by atoms with Gasteiger partial charge in [-0.25, -0.2) is 24.5 Å². The number of piperidine rings is 1. The molecule has 7 heterocycles. The van der Waals surface area contributed by atoms with Crippen LogP contribution in [0, 0.1) is 11.8 Å². The molecule has 17 heteroatoms. The van der Waals surface area contributed by atoms with E-state index in [1.165, 1.54) is 44.5 Å². The minimum absolute atomic E-state index is 0.0925. The molecule has 5 aromatic rings. The first-order chi connectivity index (χ1) is 34.3. The number of carbonyl (C=O) groups excluding carboxylic acids is 3. The second-order valence-corrected chi connectivity index (χ2v) is 20.4. The summed E-state index contributed by atoms with van der Waals surface area (Å²) in [5.74, 6) is 1.83. The van der Waals surface area contributed by atoms with Crippen LogP contribution in [0.3, 0.4) is 0 Å². The number of likely N-dealkylation sites (tertiary alicyclic amines) is 2. The largest absolute Gasteiger partial charge is 0.465 e. The molecule has 0 aliphatic carbocycles. The van der Waals surface area contributed by atoms with Crippen LogP contribution in [-0.2, 0) is 14.3 Å². The van der Waals surface area contributed by atoms with Crippen molar-refractivity contribution in [2.75, 3.05) is 50.1 Å². The number of aromatic amines is 2.